The molecule has 0 fully saturated rings. The molecule has 0 saturated carbocycles. The second kappa shape index (κ2) is 8.98. The predicted molar refractivity (Wildman–Crippen MR) is 110 cm³/mol. The van der Waals surface area contributed by atoms with E-state index >= 15 is 0 Å². The van der Waals surface area contributed by atoms with Crippen molar-refractivity contribution in [1.29, 1.82) is 0 Å². The molecule has 0 bridgehead atoms. The number of aromatic nitrogens is 4. The number of carbonyl (C=O) groups excluding carboxylic acids is 1. The van der Waals surface area contributed by atoms with Gasteiger partial charge in [-0.25, -0.2) is 9.48 Å². The number of rotatable bonds is 7. The summed E-state index contributed by atoms with van der Waals surface area (Å²) >= 11 is 0. The van der Waals surface area contributed by atoms with E-state index in [2.05, 4.69) is 38.2 Å². The molecule has 0 aliphatic heterocycles. The van der Waals surface area contributed by atoms with Gasteiger partial charge in [-0.1, -0.05) is 19.1 Å². The Balaban J connectivity index is 1.42. The van der Waals surface area contributed by atoms with Crippen LogP contribution in [0.5, 0.6) is 0 Å². The molecular formula is C20H25N7O. The van der Waals surface area contributed by atoms with E-state index in [0.29, 0.717) is 24.7 Å². The van der Waals surface area contributed by atoms with Crippen molar-refractivity contribution in [2.75, 3.05) is 23.7 Å². The van der Waals surface area contributed by atoms with Crippen LogP contribution in [0.15, 0.2) is 42.5 Å². The number of anilines is 2. The number of nitrogens with zero attached hydrogens (tertiary/aromatic N) is 4. The van der Waals surface area contributed by atoms with Crippen molar-refractivity contribution in [3.05, 3.63) is 59.4 Å². The SMILES string of the molecule is CCc1ccc(NC(=O)NCCNc2ccc(-n3nc(C)cc3C)nn2)cc1. The molecule has 8 nitrogen and oxygen atoms in total. The normalized spacial score (nSPS) is 10.5. The van der Waals surface area contributed by atoms with E-state index in [1.807, 2.05) is 56.3 Å². The minimum absolute atomic E-state index is 0.239. The molecule has 2 heterocycles. The molecular weight excluding hydrogens is 354 g/mol. The lowest BCUT2D eigenvalue weighted by Crippen LogP contribution is -2.32. The highest BCUT2D eigenvalue weighted by atomic mass is 16.2. The number of aryl methyl sites for hydroxylation is 3. The zero-order chi connectivity index (χ0) is 19.9. The predicted octanol–water partition coefficient (Wildman–Crippen LogP) is 3.08. The molecule has 3 rings (SSSR count). The van der Waals surface area contributed by atoms with Gasteiger partial charge in [0.15, 0.2) is 5.82 Å². The first-order chi connectivity index (χ1) is 13.5. The molecule has 8 heteroatoms. The molecule has 1 aromatic carbocycles. The Labute approximate surface area is 164 Å². The van der Waals surface area contributed by atoms with Crippen molar-refractivity contribution in [1.82, 2.24) is 25.3 Å². The quantitative estimate of drug-likeness (QED) is 0.548. The molecule has 0 radical (unpaired) electrons. The Hall–Kier alpha value is -3.42. The van der Waals surface area contributed by atoms with Crippen LogP contribution in [0.1, 0.15) is 23.9 Å². The van der Waals surface area contributed by atoms with Crippen LogP contribution in [0.4, 0.5) is 16.3 Å². The van der Waals surface area contributed by atoms with Crippen LogP contribution in [0.2, 0.25) is 0 Å². The molecule has 0 spiro atoms. The number of hydrogen-bond acceptors (Lipinski definition) is 5. The number of amides is 2. The van der Waals surface area contributed by atoms with Gasteiger partial charge in [-0.2, -0.15) is 5.10 Å². The van der Waals surface area contributed by atoms with E-state index in [9.17, 15) is 4.79 Å². The first-order valence-corrected chi connectivity index (χ1v) is 9.30. The number of carbonyl (C=O) groups is 1. The standard InChI is InChI=1S/C20H25N7O/c1-4-16-5-7-17(8-6-16)23-20(28)22-12-11-21-18-9-10-19(25-24-18)27-15(3)13-14(2)26-27/h5-10,13H,4,11-12H2,1-3H3,(H,21,24)(H2,22,23,28). The molecule has 0 aliphatic carbocycles. The van der Waals surface area contributed by atoms with Gasteiger partial charge in [0.05, 0.1) is 5.69 Å². The van der Waals surface area contributed by atoms with Crippen LogP contribution in [0.25, 0.3) is 5.82 Å². The molecule has 0 unspecified atom stereocenters. The molecule has 146 valence electrons. The maximum Gasteiger partial charge on any atom is 0.319 e. The molecule has 2 aromatic heterocycles. The maximum atomic E-state index is 11.9. The van der Waals surface area contributed by atoms with E-state index in [1.165, 1.54) is 5.56 Å². The number of urea groups is 1. The Bertz CT molecular complexity index is 917. The van der Waals surface area contributed by atoms with Crippen molar-refractivity contribution >= 4 is 17.5 Å². The molecule has 3 N–H and O–H groups in total. The van der Waals surface area contributed by atoms with Gasteiger partial charge < -0.3 is 16.0 Å². The van der Waals surface area contributed by atoms with Gasteiger partial charge in [0.2, 0.25) is 0 Å². The zero-order valence-electron chi connectivity index (χ0n) is 16.4. The van der Waals surface area contributed by atoms with E-state index in [-0.39, 0.29) is 6.03 Å². The minimum atomic E-state index is -0.239. The summed E-state index contributed by atoms with van der Waals surface area (Å²) in [5.74, 6) is 1.31. The van der Waals surface area contributed by atoms with Gasteiger partial charge in [-0.15, -0.1) is 10.2 Å². The summed E-state index contributed by atoms with van der Waals surface area (Å²) < 4.78 is 1.76. The molecule has 0 saturated heterocycles. The fourth-order valence-electron chi connectivity index (χ4n) is 2.76. The lowest BCUT2D eigenvalue weighted by Gasteiger charge is -2.09. The molecule has 28 heavy (non-hydrogen) atoms. The van der Waals surface area contributed by atoms with Crippen LogP contribution in [-0.4, -0.2) is 39.1 Å². The first kappa shape index (κ1) is 19.3. The average Bonchev–Trinajstić information content (AvgIpc) is 3.04. The van der Waals surface area contributed by atoms with Crippen molar-refractivity contribution in [2.45, 2.75) is 27.2 Å². The van der Waals surface area contributed by atoms with Crippen molar-refractivity contribution in [2.24, 2.45) is 0 Å². The fraction of sp³-hybridized carbons (Fsp3) is 0.300. The van der Waals surface area contributed by atoms with Crippen LogP contribution in [0.3, 0.4) is 0 Å². The maximum absolute atomic E-state index is 11.9. The van der Waals surface area contributed by atoms with Crippen LogP contribution in [-0.2, 0) is 6.42 Å². The Morgan fingerprint density at radius 3 is 2.43 bits per heavy atom. The Morgan fingerprint density at radius 2 is 1.82 bits per heavy atom. The highest BCUT2D eigenvalue weighted by Crippen LogP contribution is 2.11. The minimum Gasteiger partial charge on any atom is -0.367 e. The Morgan fingerprint density at radius 1 is 1.04 bits per heavy atom. The average molecular weight is 379 g/mol. The van der Waals surface area contributed by atoms with Crippen molar-refractivity contribution in [3.8, 4) is 5.82 Å². The fourth-order valence-corrected chi connectivity index (χ4v) is 2.76. The summed E-state index contributed by atoms with van der Waals surface area (Å²) in [6, 6.07) is 13.3. The lowest BCUT2D eigenvalue weighted by atomic mass is 10.1. The second-order valence-corrected chi connectivity index (χ2v) is 6.47. The smallest absolute Gasteiger partial charge is 0.319 e. The van der Waals surface area contributed by atoms with E-state index in [1.54, 1.807) is 4.68 Å². The monoisotopic (exact) mass is 379 g/mol. The Kier molecular flexibility index (Phi) is 6.21. The summed E-state index contributed by atoms with van der Waals surface area (Å²) in [4.78, 5) is 11.9. The largest absolute Gasteiger partial charge is 0.367 e. The van der Waals surface area contributed by atoms with Gasteiger partial charge in [0.25, 0.3) is 0 Å². The third kappa shape index (κ3) is 5.06. The summed E-state index contributed by atoms with van der Waals surface area (Å²) in [6.07, 6.45) is 0.975. The van der Waals surface area contributed by atoms with Gasteiger partial charge in [-0.05, 0) is 56.2 Å². The topological polar surface area (TPSA) is 96.8 Å². The lowest BCUT2D eigenvalue weighted by molar-refractivity contribution is 0.252. The number of nitrogens with one attached hydrogen (secondary N) is 3. The number of hydrogen-bond donors (Lipinski definition) is 3. The summed E-state index contributed by atoms with van der Waals surface area (Å²) in [5, 5.41) is 21.5. The van der Waals surface area contributed by atoms with Crippen LogP contribution in [0, 0.1) is 13.8 Å². The van der Waals surface area contributed by atoms with Crippen molar-refractivity contribution < 1.29 is 4.79 Å². The molecule has 0 atom stereocenters. The molecule has 3 aromatic rings. The molecule has 2 amide bonds. The van der Waals surface area contributed by atoms with E-state index in [4.69, 9.17) is 0 Å². The molecule has 0 aliphatic rings. The summed E-state index contributed by atoms with van der Waals surface area (Å²) in [5.41, 5.74) is 3.95. The van der Waals surface area contributed by atoms with E-state index in [0.717, 1.165) is 23.5 Å². The number of benzene rings is 1. The zero-order valence-corrected chi connectivity index (χ0v) is 16.4. The first-order valence-electron chi connectivity index (χ1n) is 9.30. The summed E-state index contributed by atoms with van der Waals surface area (Å²) in [6.45, 7) is 7.01. The highest BCUT2D eigenvalue weighted by Gasteiger charge is 2.06. The van der Waals surface area contributed by atoms with Gasteiger partial charge in [-0.3, -0.25) is 0 Å². The third-order valence-corrected chi connectivity index (χ3v) is 4.21. The highest BCUT2D eigenvalue weighted by molar-refractivity contribution is 5.89. The van der Waals surface area contributed by atoms with Gasteiger partial charge in [0, 0.05) is 24.5 Å². The van der Waals surface area contributed by atoms with Crippen molar-refractivity contribution in [3.63, 3.8) is 0 Å². The third-order valence-electron chi connectivity index (χ3n) is 4.21. The summed E-state index contributed by atoms with van der Waals surface area (Å²) in [7, 11) is 0. The van der Waals surface area contributed by atoms with Gasteiger partial charge >= 0.3 is 6.03 Å². The van der Waals surface area contributed by atoms with E-state index < -0.39 is 0 Å². The van der Waals surface area contributed by atoms with Crippen LogP contribution < -0.4 is 16.0 Å². The van der Waals surface area contributed by atoms with Crippen LogP contribution >= 0.6 is 0 Å². The second-order valence-electron chi connectivity index (χ2n) is 6.47. The van der Waals surface area contributed by atoms with Gasteiger partial charge in [0.1, 0.15) is 5.82 Å².